The van der Waals surface area contributed by atoms with Gasteiger partial charge in [-0.05, 0) is 36.2 Å². The zero-order valence-electron chi connectivity index (χ0n) is 18.7. The summed E-state index contributed by atoms with van der Waals surface area (Å²) in [5.41, 5.74) is 2.58. The number of hydrogen-bond acceptors (Lipinski definition) is 5. The van der Waals surface area contributed by atoms with Gasteiger partial charge in [0, 0.05) is 46.0 Å². The predicted molar refractivity (Wildman–Crippen MR) is 124 cm³/mol. The molecule has 2 amide bonds. The Morgan fingerprint density at radius 2 is 1.69 bits per heavy atom. The van der Waals surface area contributed by atoms with Crippen molar-refractivity contribution >= 4 is 27.5 Å². The summed E-state index contributed by atoms with van der Waals surface area (Å²) in [7, 11) is -0.639. The molecule has 8 nitrogen and oxygen atoms in total. The Labute approximate surface area is 189 Å². The fraction of sp³-hybridized carbons (Fsp3) is 0.391. The molecule has 0 aliphatic carbocycles. The summed E-state index contributed by atoms with van der Waals surface area (Å²) in [6.45, 7) is 4.57. The van der Waals surface area contributed by atoms with Gasteiger partial charge in [0.25, 0.3) is 0 Å². The van der Waals surface area contributed by atoms with Gasteiger partial charge in [0.05, 0.1) is 17.9 Å². The molecule has 2 aromatic carbocycles. The van der Waals surface area contributed by atoms with Crippen molar-refractivity contribution in [2.75, 3.05) is 52.1 Å². The number of amides is 2. The number of benzene rings is 2. The Kier molecular flexibility index (Phi) is 7.65. The smallest absolute Gasteiger partial charge is 0.242 e. The molecule has 1 fully saturated rings. The van der Waals surface area contributed by atoms with Gasteiger partial charge in [-0.3, -0.25) is 14.5 Å². The van der Waals surface area contributed by atoms with E-state index in [1.54, 1.807) is 12.1 Å². The molecule has 1 heterocycles. The lowest BCUT2D eigenvalue weighted by Crippen LogP contribution is -2.50. The fourth-order valence-corrected chi connectivity index (χ4v) is 4.54. The molecule has 172 valence electrons. The number of carbonyl (C=O) groups excluding carboxylic acids is 2. The quantitative estimate of drug-likeness (QED) is 0.680. The summed E-state index contributed by atoms with van der Waals surface area (Å²) in [5.74, 6) is -0.119. The van der Waals surface area contributed by atoms with Crippen molar-refractivity contribution in [1.82, 2.24) is 14.1 Å². The van der Waals surface area contributed by atoms with Crippen molar-refractivity contribution in [3.63, 3.8) is 0 Å². The molecule has 0 spiro atoms. The van der Waals surface area contributed by atoms with Gasteiger partial charge in [-0.25, -0.2) is 12.7 Å². The lowest BCUT2D eigenvalue weighted by molar-refractivity contribution is -0.132. The number of nitrogens with one attached hydrogen (secondary N) is 1. The minimum Gasteiger partial charge on any atom is -0.340 e. The Balaban J connectivity index is 1.50. The van der Waals surface area contributed by atoms with E-state index in [1.807, 2.05) is 41.0 Å². The molecule has 1 saturated heterocycles. The van der Waals surface area contributed by atoms with Crippen LogP contribution in [-0.4, -0.2) is 81.2 Å². The number of piperazine rings is 1. The van der Waals surface area contributed by atoms with Gasteiger partial charge in [-0.15, -0.1) is 0 Å². The van der Waals surface area contributed by atoms with Crippen LogP contribution in [0.3, 0.4) is 0 Å². The monoisotopic (exact) mass is 458 g/mol. The van der Waals surface area contributed by atoms with E-state index in [-0.39, 0.29) is 23.3 Å². The van der Waals surface area contributed by atoms with Gasteiger partial charge >= 0.3 is 0 Å². The maximum atomic E-state index is 12.6. The number of carbonyl (C=O) groups is 2. The summed E-state index contributed by atoms with van der Waals surface area (Å²) < 4.78 is 25.7. The minimum absolute atomic E-state index is 0.0994. The molecule has 0 aromatic heterocycles. The lowest BCUT2D eigenvalue weighted by Gasteiger charge is -2.34. The van der Waals surface area contributed by atoms with Crippen molar-refractivity contribution in [1.29, 1.82) is 0 Å². The van der Waals surface area contributed by atoms with Crippen LogP contribution in [0.4, 0.5) is 5.69 Å². The third kappa shape index (κ3) is 5.93. The Morgan fingerprint density at radius 3 is 2.34 bits per heavy atom. The second kappa shape index (κ2) is 10.2. The van der Waals surface area contributed by atoms with Crippen molar-refractivity contribution in [2.24, 2.45) is 0 Å². The van der Waals surface area contributed by atoms with E-state index in [0.29, 0.717) is 38.3 Å². The van der Waals surface area contributed by atoms with Crippen molar-refractivity contribution in [2.45, 2.75) is 18.2 Å². The van der Waals surface area contributed by atoms with Crippen LogP contribution in [0, 0.1) is 6.92 Å². The second-order valence-electron chi connectivity index (χ2n) is 8.12. The molecule has 0 unspecified atom stereocenters. The summed E-state index contributed by atoms with van der Waals surface area (Å²) in [5, 5.41) is 2.77. The molecule has 2 aromatic rings. The fourth-order valence-electron chi connectivity index (χ4n) is 3.59. The van der Waals surface area contributed by atoms with E-state index >= 15 is 0 Å². The average Bonchev–Trinajstić information content (AvgIpc) is 2.75. The highest BCUT2D eigenvalue weighted by atomic mass is 32.2. The van der Waals surface area contributed by atoms with Crippen LogP contribution in [0.2, 0.25) is 0 Å². The van der Waals surface area contributed by atoms with Crippen LogP contribution >= 0.6 is 0 Å². The largest absolute Gasteiger partial charge is 0.340 e. The SMILES string of the molecule is Cc1ccccc1CC(=O)N1CCN(CC(=O)Nc2cccc(S(=O)(=O)N(C)C)c2)CC1. The number of anilines is 1. The standard InChI is InChI=1S/C23H30N4O4S/c1-18-7-4-5-8-19(18)15-23(29)27-13-11-26(12-14-27)17-22(28)24-20-9-6-10-21(16-20)32(30,31)25(2)3/h4-10,16H,11-15,17H2,1-3H3,(H,24,28). The molecule has 1 N–H and O–H groups in total. The minimum atomic E-state index is -3.57. The highest BCUT2D eigenvalue weighted by Crippen LogP contribution is 2.18. The van der Waals surface area contributed by atoms with Crippen LogP contribution in [0.5, 0.6) is 0 Å². The summed E-state index contributed by atoms with van der Waals surface area (Å²) in [4.78, 5) is 29.1. The first-order valence-corrected chi connectivity index (χ1v) is 12.0. The number of sulfonamides is 1. The summed E-state index contributed by atoms with van der Waals surface area (Å²) in [6, 6.07) is 14.1. The van der Waals surface area contributed by atoms with Crippen LogP contribution in [-0.2, 0) is 26.0 Å². The third-order valence-electron chi connectivity index (χ3n) is 5.59. The van der Waals surface area contributed by atoms with E-state index in [0.717, 1.165) is 15.4 Å². The van der Waals surface area contributed by atoms with Crippen molar-refractivity contribution in [3.8, 4) is 0 Å². The van der Waals surface area contributed by atoms with Crippen molar-refractivity contribution < 1.29 is 18.0 Å². The first-order valence-electron chi connectivity index (χ1n) is 10.5. The maximum absolute atomic E-state index is 12.6. The molecular weight excluding hydrogens is 428 g/mol. The molecule has 1 aliphatic rings. The Bertz CT molecular complexity index is 1080. The predicted octanol–water partition coefficient (Wildman–Crippen LogP) is 1.57. The molecule has 1 aliphatic heterocycles. The van der Waals surface area contributed by atoms with E-state index in [4.69, 9.17) is 0 Å². The van der Waals surface area contributed by atoms with E-state index in [1.165, 1.54) is 26.2 Å². The third-order valence-corrected chi connectivity index (χ3v) is 7.40. The molecule has 0 atom stereocenters. The zero-order valence-corrected chi connectivity index (χ0v) is 19.6. The van der Waals surface area contributed by atoms with Gasteiger partial charge in [0.2, 0.25) is 21.8 Å². The van der Waals surface area contributed by atoms with Gasteiger partial charge < -0.3 is 10.2 Å². The highest BCUT2D eigenvalue weighted by Gasteiger charge is 2.23. The van der Waals surface area contributed by atoms with E-state index in [2.05, 4.69) is 5.32 Å². The molecule has 0 bridgehead atoms. The van der Waals surface area contributed by atoms with Gasteiger partial charge in [0.1, 0.15) is 0 Å². The highest BCUT2D eigenvalue weighted by molar-refractivity contribution is 7.89. The maximum Gasteiger partial charge on any atom is 0.242 e. The van der Waals surface area contributed by atoms with E-state index in [9.17, 15) is 18.0 Å². The second-order valence-corrected chi connectivity index (χ2v) is 10.3. The number of rotatable bonds is 7. The zero-order chi connectivity index (χ0) is 23.3. The van der Waals surface area contributed by atoms with Gasteiger partial charge in [-0.2, -0.15) is 0 Å². The van der Waals surface area contributed by atoms with E-state index < -0.39 is 10.0 Å². The number of nitrogens with zero attached hydrogens (tertiary/aromatic N) is 3. The topological polar surface area (TPSA) is 90.0 Å². The Hall–Kier alpha value is -2.75. The molecular formula is C23H30N4O4S. The van der Waals surface area contributed by atoms with Crippen LogP contribution in [0.15, 0.2) is 53.4 Å². The summed E-state index contributed by atoms with van der Waals surface area (Å²) in [6.07, 6.45) is 0.388. The molecule has 3 rings (SSSR count). The number of aryl methyl sites for hydroxylation is 1. The van der Waals surface area contributed by atoms with Crippen LogP contribution in [0.25, 0.3) is 0 Å². The molecule has 0 radical (unpaired) electrons. The summed E-state index contributed by atoms with van der Waals surface area (Å²) >= 11 is 0. The van der Waals surface area contributed by atoms with Gasteiger partial charge in [0.15, 0.2) is 0 Å². The lowest BCUT2D eigenvalue weighted by atomic mass is 10.1. The number of hydrogen-bond donors (Lipinski definition) is 1. The van der Waals surface area contributed by atoms with Gasteiger partial charge in [-0.1, -0.05) is 30.3 Å². The molecule has 32 heavy (non-hydrogen) atoms. The first kappa shape index (κ1) is 23.9. The first-order chi connectivity index (χ1) is 15.2. The average molecular weight is 459 g/mol. The molecule has 9 heteroatoms. The Morgan fingerprint density at radius 1 is 1.00 bits per heavy atom. The molecule has 0 saturated carbocycles. The van der Waals surface area contributed by atoms with Crippen molar-refractivity contribution in [3.05, 3.63) is 59.7 Å². The van der Waals surface area contributed by atoms with Crippen LogP contribution in [0.1, 0.15) is 11.1 Å². The normalized spacial score (nSPS) is 15.1. The van der Waals surface area contributed by atoms with Crippen LogP contribution < -0.4 is 5.32 Å².